The fourth-order valence-corrected chi connectivity index (χ4v) is 3.99. The molecule has 1 aliphatic heterocycles. The molecule has 0 spiro atoms. The molecule has 0 N–H and O–H groups in total. The van der Waals surface area contributed by atoms with Crippen LogP contribution in [0.1, 0.15) is 11.4 Å². The molecule has 1 aliphatic rings. The molecular formula is C23H20ClF3N6O. The van der Waals surface area contributed by atoms with Gasteiger partial charge in [0, 0.05) is 37.7 Å². The van der Waals surface area contributed by atoms with Crippen LogP contribution in [-0.2, 0) is 12.7 Å². The van der Waals surface area contributed by atoms with Crippen LogP contribution in [0.2, 0.25) is 5.02 Å². The van der Waals surface area contributed by atoms with Crippen LogP contribution in [0.4, 0.5) is 19.0 Å². The van der Waals surface area contributed by atoms with Gasteiger partial charge in [0.25, 0.3) is 5.82 Å². The van der Waals surface area contributed by atoms with Crippen molar-refractivity contribution in [1.82, 2.24) is 24.7 Å². The maximum atomic E-state index is 13.2. The smallest absolute Gasteiger partial charge is 0.453 e. The molecule has 11 heteroatoms. The number of piperazine rings is 1. The van der Waals surface area contributed by atoms with Gasteiger partial charge in [0.2, 0.25) is 0 Å². The first-order valence-electron chi connectivity index (χ1n) is 10.6. The molecule has 2 aromatic heterocycles. The van der Waals surface area contributed by atoms with Crippen molar-refractivity contribution in [1.29, 1.82) is 0 Å². The molecule has 1 saturated heterocycles. The van der Waals surface area contributed by atoms with Crippen LogP contribution in [0.5, 0.6) is 11.5 Å². The number of alkyl halides is 3. The Bertz CT molecular complexity index is 1290. The SMILES string of the molecule is FC(F)(F)c1nnc2ccc(N3CCN(Cc4cccc(Oc5ccc(Cl)cc5)c4)CC3)nn12. The highest BCUT2D eigenvalue weighted by atomic mass is 35.5. The number of fused-ring (bicyclic) bond motifs is 1. The fourth-order valence-electron chi connectivity index (χ4n) is 3.86. The van der Waals surface area contributed by atoms with Gasteiger partial charge in [-0.25, -0.2) is 0 Å². The minimum absolute atomic E-state index is 0.0652. The lowest BCUT2D eigenvalue weighted by Gasteiger charge is -2.35. The highest BCUT2D eigenvalue weighted by Gasteiger charge is 2.37. The number of hydrogen-bond donors (Lipinski definition) is 0. The molecule has 34 heavy (non-hydrogen) atoms. The lowest BCUT2D eigenvalue weighted by Crippen LogP contribution is -2.46. The second kappa shape index (κ2) is 9.11. The lowest BCUT2D eigenvalue weighted by atomic mass is 10.2. The first-order valence-corrected chi connectivity index (χ1v) is 11.0. The van der Waals surface area contributed by atoms with E-state index in [0.717, 1.165) is 35.5 Å². The van der Waals surface area contributed by atoms with Crippen molar-refractivity contribution >= 4 is 23.1 Å². The van der Waals surface area contributed by atoms with Crippen LogP contribution in [0, 0.1) is 0 Å². The predicted octanol–water partition coefficient (Wildman–Crippen LogP) is 4.91. The molecule has 0 saturated carbocycles. The summed E-state index contributed by atoms with van der Waals surface area (Å²) >= 11 is 5.92. The quantitative estimate of drug-likeness (QED) is 0.398. The Kier molecular flexibility index (Phi) is 6.01. The minimum Gasteiger partial charge on any atom is -0.457 e. The van der Waals surface area contributed by atoms with E-state index >= 15 is 0 Å². The van der Waals surface area contributed by atoms with Gasteiger partial charge in [-0.2, -0.15) is 17.7 Å². The molecule has 0 radical (unpaired) electrons. The summed E-state index contributed by atoms with van der Waals surface area (Å²) in [5.74, 6) is 0.797. The number of halogens is 4. The van der Waals surface area contributed by atoms with Crippen LogP contribution in [0.15, 0.2) is 60.7 Å². The Hall–Kier alpha value is -3.37. The van der Waals surface area contributed by atoms with E-state index in [1.807, 2.05) is 41.3 Å². The number of rotatable bonds is 5. The largest absolute Gasteiger partial charge is 0.457 e. The zero-order valence-corrected chi connectivity index (χ0v) is 18.7. The Balaban J connectivity index is 1.22. The zero-order valence-electron chi connectivity index (χ0n) is 17.9. The van der Waals surface area contributed by atoms with E-state index in [9.17, 15) is 13.2 Å². The van der Waals surface area contributed by atoms with E-state index in [4.69, 9.17) is 16.3 Å². The lowest BCUT2D eigenvalue weighted by molar-refractivity contribution is -0.146. The molecular weight excluding hydrogens is 469 g/mol. The van der Waals surface area contributed by atoms with Gasteiger partial charge in [0.05, 0.1) is 0 Å². The summed E-state index contributed by atoms with van der Waals surface area (Å²) in [6, 6.07) is 18.3. The Morgan fingerprint density at radius 2 is 1.65 bits per heavy atom. The van der Waals surface area contributed by atoms with Gasteiger partial charge in [0.1, 0.15) is 17.3 Å². The average molecular weight is 489 g/mol. The Morgan fingerprint density at radius 1 is 0.882 bits per heavy atom. The van der Waals surface area contributed by atoms with Gasteiger partial charge in [0.15, 0.2) is 5.65 Å². The molecule has 4 aromatic rings. The fraction of sp³-hybridized carbons (Fsp3) is 0.261. The van der Waals surface area contributed by atoms with Gasteiger partial charge in [-0.3, -0.25) is 4.90 Å². The summed E-state index contributed by atoms with van der Waals surface area (Å²) in [4.78, 5) is 4.26. The van der Waals surface area contributed by atoms with Gasteiger partial charge < -0.3 is 9.64 Å². The second-order valence-corrected chi connectivity index (χ2v) is 8.39. The molecule has 176 valence electrons. The maximum absolute atomic E-state index is 13.2. The summed E-state index contributed by atoms with van der Waals surface area (Å²) in [6.45, 7) is 3.51. The number of aromatic nitrogens is 4. The third-order valence-electron chi connectivity index (χ3n) is 5.55. The topological polar surface area (TPSA) is 58.8 Å². The van der Waals surface area contributed by atoms with Crippen molar-refractivity contribution in [3.8, 4) is 11.5 Å². The van der Waals surface area contributed by atoms with Crippen LogP contribution < -0.4 is 9.64 Å². The van der Waals surface area contributed by atoms with E-state index in [1.165, 1.54) is 6.07 Å². The monoisotopic (exact) mass is 488 g/mol. The van der Waals surface area contributed by atoms with Gasteiger partial charge in [-0.05, 0) is 54.1 Å². The minimum atomic E-state index is -4.62. The number of ether oxygens (including phenoxy) is 1. The normalized spacial score (nSPS) is 15.1. The first kappa shape index (κ1) is 22.4. The van der Waals surface area contributed by atoms with Crippen LogP contribution >= 0.6 is 11.6 Å². The zero-order chi connectivity index (χ0) is 23.7. The standard InChI is InChI=1S/C23H20ClF3N6O/c24-17-4-6-18(7-5-17)34-19-3-1-2-16(14-19)15-31-10-12-32(13-11-31)21-9-8-20-28-29-22(23(25,26)27)33(20)30-21/h1-9,14H,10-13,15H2. The van der Waals surface area contributed by atoms with Gasteiger partial charge >= 0.3 is 6.18 Å². The van der Waals surface area contributed by atoms with Crippen LogP contribution in [0.25, 0.3) is 5.65 Å². The average Bonchev–Trinajstić information content (AvgIpc) is 3.25. The molecule has 3 heterocycles. The number of hydrogen-bond acceptors (Lipinski definition) is 6. The number of nitrogens with zero attached hydrogens (tertiary/aromatic N) is 6. The van der Waals surface area contributed by atoms with E-state index in [2.05, 4.69) is 20.2 Å². The molecule has 0 bridgehead atoms. The molecule has 0 amide bonds. The Labute approximate surface area is 198 Å². The van der Waals surface area contributed by atoms with Gasteiger partial charge in [-0.15, -0.1) is 15.3 Å². The Morgan fingerprint density at radius 3 is 2.38 bits per heavy atom. The van der Waals surface area contributed by atoms with Crippen molar-refractivity contribution < 1.29 is 17.9 Å². The summed E-state index contributed by atoms with van der Waals surface area (Å²) in [5.41, 5.74) is 1.18. The van der Waals surface area contributed by atoms with Crippen LogP contribution in [0.3, 0.4) is 0 Å². The van der Waals surface area contributed by atoms with Crippen molar-refractivity contribution in [2.75, 3.05) is 31.1 Å². The summed E-state index contributed by atoms with van der Waals surface area (Å²) < 4.78 is 46.1. The molecule has 0 aliphatic carbocycles. The highest BCUT2D eigenvalue weighted by molar-refractivity contribution is 6.30. The first-order chi connectivity index (χ1) is 16.3. The molecule has 7 nitrogen and oxygen atoms in total. The van der Waals surface area contributed by atoms with Crippen molar-refractivity contribution in [3.05, 3.63) is 77.1 Å². The third-order valence-corrected chi connectivity index (χ3v) is 5.80. The van der Waals surface area contributed by atoms with E-state index < -0.39 is 12.0 Å². The number of benzene rings is 2. The van der Waals surface area contributed by atoms with Crippen molar-refractivity contribution in [3.63, 3.8) is 0 Å². The van der Waals surface area contributed by atoms with Gasteiger partial charge in [-0.1, -0.05) is 23.7 Å². The van der Waals surface area contributed by atoms with Crippen molar-refractivity contribution in [2.45, 2.75) is 12.7 Å². The molecule has 5 rings (SSSR count). The third kappa shape index (κ3) is 4.92. The van der Waals surface area contributed by atoms with E-state index in [-0.39, 0.29) is 5.65 Å². The summed E-state index contributed by atoms with van der Waals surface area (Å²) in [7, 11) is 0. The van der Waals surface area contributed by atoms with E-state index in [1.54, 1.807) is 18.2 Å². The molecule has 0 atom stereocenters. The van der Waals surface area contributed by atoms with E-state index in [0.29, 0.717) is 29.7 Å². The molecule has 1 fully saturated rings. The van der Waals surface area contributed by atoms with Crippen molar-refractivity contribution in [2.24, 2.45) is 0 Å². The predicted molar refractivity (Wildman–Crippen MR) is 121 cm³/mol. The molecule has 0 unspecified atom stereocenters. The summed E-state index contributed by atoms with van der Waals surface area (Å²) in [5, 5.41) is 11.6. The maximum Gasteiger partial charge on any atom is 0.453 e. The molecule has 2 aromatic carbocycles. The highest BCUT2D eigenvalue weighted by Crippen LogP contribution is 2.28. The van der Waals surface area contributed by atoms with Crippen LogP contribution in [-0.4, -0.2) is 50.9 Å². The second-order valence-electron chi connectivity index (χ2n) is 7.95. The summed E-state index contributed by atoms with van der Waals surface area (Å²) in [6.07, 6.45) is -4.62. The number of anilines is 1.